The van der Waals surface area contributed by atoms with Gasteiger partial charge in [0.15, 0.2) is 5.82 Å². The van der Waals surface area contributed by atoms with Crippen molar-refractivity contribution >= 4 is 23.5 Å². The second kappa shape index (κ2) is 8.17. The van der Waals surface area contributed by atoms with Gasteiger partial charge >= 0.3 is 0 Å². The molecule has 0 spiro atoms. The van der Waals surface area contributed by atoms with Gasteiger partial charge in [0.2, 0.25) is 5.91 Å². The average Bonchev–Trinajstić information content (AvgIpc) is 3.26. The van der Waals surface area contributed by atoms with Gasteiger partial charge in [-0.05, 0) is 13.8 Å². The van der Waals surface area contributed by atoms with E-state index >= 15 is 0 Å². The summed E-state index contributed by atoms with van der Waals surface area (Å²) in [7, 11) is 0. The van der Waals surface area contributed by atoms with Crippen LogP contribution >= 0.6 is 0 Å². The van der Waals surface area contributed by atoms with Crippen molar-refractivity contribution in [3.63, 3.8) is 0 Å². The zero-order valence-electron chi connectivity index (χ0n) is 18.1. The van der Waals surface area contributed by atoms with Crippen LogP contribution in [0, 0.1) is 0 Å². The fourth-order valence-electron chi connectivity index (χ4n) is 2.87. The highest BCUT2D eigenvalue weighted by Gasteiger charge is 2.24. The van der Waals surface area contributed by atoms with Crippen molar-refractivity contribution < 1.29 is 14.1 Å². The van der Waals surface area contributed by atoms with Gasteiger partial charge in [0.1, 0.15) is 28.5 Å². The van der Waals surface area contributed by atoms with Gasteiger partial charge in [0, 0.05) is 23.7 Å². The molecule has 3 heterocycles. The zero-order valence-corrected chi connectivity index (χ0v) is 18.1. The summed E-state index contributed by atoms with van der Waals surface area (Å²) in [6.45, 7) is 9.71. The number of rotatable bonds is 6. The van der Waals surface area contributed by atoms with Crippen LogP contribution < -0.4 is 16.8 Å². The van der Waals surface area contributed by atoms with Crippen molar-refractivity contribution in [3.05, 3.63) is 35.5 Å². The second-order valence-corrected chi connectivity index (χ2v) is 8.46. The van der Waals surface area contributed by atoms with Crippen LogP contribution in [0.1, 0.15) is 62.5 Å². The first-order chi connectivity index (χ1) is 14.5. The van der Waals surface area contributed by atoms with Crippen LogP contribution in [-0.4, -0.2) is 36.7 Å². The molecule has 0 radical (unpaired) electrons. The number of carbonyl (C=O) groups excluding carboxylic acids is 2. The Bertz CT molecular complexity index is 1110. The highest BCUT2D eigenvalue weighted by atomic mass is 16.5. The standard InChI is InChI=1S/C20H26N8O3/c1-10(2)28-18(21)16(19(22)30)17(26-28)12-9-23-11(8-24-12)6-15(29)25-14-7-13(31-27-14)20(3,4)5/h7-10H,6,21H2,1-5H3,(H2,22,30)(H,25,27,29). The summed E-state index contributed by atoms with van der Waals surface area (Å²) in [5.41, 5.74) is 12.4. The van der Waals surface area contributed by atoms with Crippen LogP contribution in [0.4, 0.5) is 11.6 Å². The van der Waals surface area contributed by atoms with E-state index in [0.29, 0.717) is 23.0 Å². The number of aromatic nitrogens is 5. The number of nitrogens with two attached hydrogens (primary N) is 2. The molecule has 3 rings (SSSR count). The Kier molecular flexibility index (Phi) is 5.78. The minimum atomic E-state index is -0.702. The van der Waals surface area contributed by atoms with E-state index in [1.54, 1.807) is 6.07 Å². The lowest BCUT2D eigenvalue weighted by Crippen LogP contribution is -2.16. The molecule has 0 atom stereocenters. The van der Waals surface area contributed by atoms with Crippen LogP contribution in [0.3, 0.4) is 0 Å². The third-order valence-electron chi connectivity index (χ3n) is 4.49. The topological polar surface area (TPSA) is 168 Å². The van der Waals surface area contributed by atoms with Crippen molar-refractivity contribution in [3.8, 4) is 11.4 Å². The number of nitrogens with one attached hydrogen (secondary N) is 1. The first-order valence-corrected chi connectivity index (χ1v) is 9.73. The maximum absolute atomic E-state index is 12.3. The summed E-state index contributed by atoms with van der Waals surface area (Å²) in [6.07, 6.45) is 2.85. The van der Waals surface area contributed by atoms with Gasteiger partial charge < -0.3 is 21.3 Å². The molecule has 0 aliphatic carbocycles. The number of primary amides is 1. The third-order valence-corrected chi connectivity index (χ3v) is 4.49. The van der Waals surface area contributed by atoms with E-state index in [0.717, 1.165) is 0 Å². The van der Waals surface area contributed by atoms with E-state index in [2.05, 4.69) is 25.5 Å². The molecule has 31 heavy (non-hydrogen) atoms. The minimum Gasteiger partial charge on any atom is -0.383 e. The molecule has 0 bridgehead atoms. The molecule has 0 saturated heterocycles. The molecule has 11 heteroatoms. The van der Waals surface area contributed by atoms with Crippen molar-refractivity contribution in [2.75, 3.05) is 11.1 Å². The molecule has 0 aliphatic rings. The van der Waals surface area contributed by atoms with Gasteiger partial charge in [-0.25, -0.2) is 4.68 Å². The Morgan fingerprint density at radius 1 is 1.23 bits per heavy atom. The lowest BCUT2D eigenvalue weighted by atomic mass is 9.93. The third kappa shape index (κ3) is 4.71. The lowest BCUT2D eigenvalue weighted by molar-refractivity contribution is -0.115. The molecule has 164 valence electrons. The monoisotopic (exact) mass is 426 g/mol. The summed E-state index contributed by atoms with van der Waals surface area (Å²) in [5, 5.41) is 10.9. The first kappa shape index (κ1) is 21.9. The Morgan fingerprint density at radius 3 is 2.45 bits per heavy atom. The number of anilines is 2. The smallest absolute Gasteiger partial charge is 0.254 e. The molecule has 2 amide bonds. The van der Waals surface area contributed by atoms with Gasteiger partial charge in [-0.15, -0.1) is 0 Å². The molecule has 3 aromatic rings. The molecule has 0 unspecified atom stereocenters. The fraction of sp³-hybridized carbons (Fsp3) is 0.400. The van der Waals surface area contributed by atoms with Gasteiger partial charge in [-0.3, -0.25) is 19.6 Å². The average molecular weight is 426 g/mol. The Labute approximate surface area is 179 Å². The molecule has 0 aromatic carbocycles. The summed E-state index contributed by atoms with van der Waals surface area (Å²) in [5.74, 6) is 0.150. The van der Waals surface area contributed by atoms with Crippen LogP contribution in [0.25, 0.3) is 11.4 Å². The molecule has 5 N–H and O–H groups in total. The van der Waals surface area contributed by atoms with E-state index in [9.17, 15) is 9.59 Å². The summed E-state index contributed by atoms with van der Waals surface area (Å²) < 4.78 is 6.76. The number of amides is 2. The predicted molar refractivity (Wildman–Crippen MR) is 114 cm³/mol. The Balaban J connectivity index is 1.75. The molecule has 0 fully saturated rings. The van der Waals surface area contributed by atoms with Crippen molar-refractivity contribution in [2.45, 2.75) is 52.5 Å². The number of hydrogen-bond donors (Lipinski definition) is 3. The van der Waals surface area contributed by atoms with E-state index in [1.807, 2.05) is 34.6 Å². The molecular formula is C20H26N8O3. The Hall–Kier alpha value is -3.76. The number of nitrogens with zero attached hydrogens (tertiary/aromatic N) is 5. The lowest BCUT2D eigenvalue weighted by Gasteiger charge is -2.12. The molecule has 3 aromatic heterocycles. The zero-order chi connectivity index (χ0) is 22.9. The number of hydrogen-bond acceptors (Lipinski definition) is 8. The fourth-order valence-corrected chi connectivity index (χ4v) is 2.87. The van der Waals surface area contributed by atoms with Gasteiger partial charge in [-0.2, -0.15) is 5.10 Å². The molecule has 0 saturated carbocycles. The predicted octanol–water partition coefficient (Wildman–Crippen LogP) is 2.07. The van der Waals surface area contributed by atoms with Gasteiger partial charge in [-0.1, -0.05) is 25.9 Å². The van der Waals surface area contributed by atoms with Crippen LogP contribution in [0.2, 0.25) is 0 Å². The van der Waals surface area contributed by atoms with Crippen molar-refractivity contribution in [1.82, 2.24) is 24.9 Å². The van der Waals surface area contributed by atoms with E-state index in [4.69, 9.17) is 16.0 Å². The van der Waals surface area contributed by atoms with Crippen molar-refractivity contribution in [1.29, 1.82) is 0 Å². The van der Waals surface area contributed by atoms with Crippen LogP contribution in [0.5, 0.6) is 0 Å². The number of carbonyl (C=O) groups is 2. The maximum atomic E-state index is 12.3. The molecule has 11 nitrogen and oxygen atoms in total. The first-order valence-electron chi connectivity index (χ1n) is 9.73. The van der Waals surface area contributed by atoms with E-state index < -0.39 is 5.91 Å². The van der Waals surface area contributed by atoms with E-state index in [1.165, 1.54) is 17.1 Å². The second-order valence-electron chi connectivity index (χ2n) is 8.46. The van der Waals surface area contributed by atoms with Crippen molar-refractivity contribution in [2.24, 2.45) is 5.73 Å². The molecule has 0 aliphatic heterocycles. The minimum absolute atomic E-state index is 0.0176. The quantitative estimate of drug-likeness (QED) is 0.538. The number of nitrogen functional groups attached to an aromatic ring is 1. The summed E-state index contributed by atoms with van der Waals surface area (Å²) in [4.78, 5) is 32.7. The van der Waals surface area contributed by atoms with Gasteiger partial charge in [0.25, 0.3) is 5.91 Å². The maximum Gasteiger partial charge on any atom is 0.254 e. The summed E-state index contributed by atoms with van der Waals surface area (Å²) in [6, 6.07) is 1.62. The summed E-state index contributed by atoms with van der Waals surface area (Å²) >= 11 is 0. The van der Waals surface area contributed by atoms with Crippen LogP contribution in [0.15, 0.2) is 23.0 Å². The van der Waals surface area contributed by atoms with Crippen LogP contribution in [-0.2, 0) is 16.6 Å². The SMILES string of the molecule is CC(C)n1nc(-c2cnc(CC(=O)Nc3cc(C(C)(C)C)on3)cn2)c(C(N)=O)c1N. The highest BCUT2D eigenvalue weighted by Crippen LogP contribution is 2.27. The molecular weight excluding hydrogens is 400 g/mol. The van der Waals surface area contributed by atoms with E-state index in [-0.39, 0.29) is 40.9 Å². The highest BCUT2D eigenvalue weighted by molar-refractivity contribution is 6.02. The van der Waals surface area contributed by atoms with Gasteiger partial charge in [0.05, 0.1) is 18.3 Å². The normalized spacial score (nSPS) is 11.7. The largest absolute Gasteiger partial charge is 0.383 e. The Morgan fingerprint density at radius 2 is 1.94 bits per heavy atom.